The van der Waals surface area contributed by atoms with E-state index in [1.165, 1.54) is 16.6 Å². The van der Waals surface area contributed by atoms with Crippen molar-refractivity contribution in [3.05, 3.63) is 40.3 Å². The Morgan fingerprint density at radius 1 is 1.41 bits per heavy atom. The summed E-state index contributed by atoms with van der Waals surface area (Å²) < 4.78 is 0. The van der Waals surface area contributed by atoms with Gasteiger partial charge in [-0.25, -0.2) is 0 Å². The molecule has 1 amide bonds. The van der Waals surface area contributed by atoms with Crippen LogP contribution in [0.15, 0.2) is 29.2 Å². The molecule has 0 saturated heterocycles. The highest BCUT2D eigenvalue weighted by atomic mass is 32.2. The summed E-state index contributed by atoms with van der Waals surface area (Å²) in [6, 6.07) is 9.83. The molecule has 27 heavy (non-hydrogen) atoms. The fourth-order valence-electron chi connectivity index (χ4n) is 3.45. The van der Waals surface area contributed by atoms with Crippen LogP contribution in [0.4, 0.5) is 10.7 Å². The predicted molar refractivity (Wildman–Crippen MR) is 114 cm³/mol. The third kappa shape index (κ3) is 4.48. The van der Waals surface area contributed by atoms with E-state index >= 15 is 0 Å². The number of rotatable bonds is 4. The fourth-order valence-corrected chi connectivity index (χ4v) is 5.51. The Bertz CT molecular complexity index is 890. The van der Waals surface area contributed by atoms with Gasteiger partial charge in [-0.3, -0.25) is 4.79 Å². The van der Waals surface area contributed by atoms with Gasteiger partial charge < -0.3 is 11.1 Å². The zero-order valence-electron chi connectivity index (χ0n) is 16.0. The van der Waals surface area contributed by atoms with Crippen LogP contribution < -0.4 is 11.1 Å². The van der Waals surface area contributed by atoms with Gasteiger partial charge in [0.15, 0.2) is 0 Å². The van der Waals surface area contributed by atoms with Crippen molar-refractivity contribution in [2.75, 3.05) is 16.8 Å². The Hall–Kier alpha value is -1.97. The second-order valence-corrected chi connectivity index (χ2v) is 10.1. The summed E-state index contributed by atoms with van der Waals surface area (Å²) in [5.74, 6) is 0.771. The third-order valence-electron chi connectivity index (χ3n) is 5.13. The number of carbonyl (C=O) groups is 1. The molecule has 0 spiro atoms. The van der Waals surface area contributed by atoms with E-state index in [0.29, 0.717) is 22.2 Å². The van der Waals surface area contributed by atoms with E-state index in [-0.39, 0.29) is 17.1 Å². The molecule has 1 aliphatic rings. The first kappa shape index (κ1) is 19.8. The number of carbonyl (C=O) groups excluding carboxylic acids is 1. The summed E-state index contributed by atoms with van der Waals surface area (Å²) in [6.07, 6.45) is 3.00. The zero-order chi connectivity index (χ0) is 19.6. The number of hydrogen-bond acceptors (Lipinski definition) is 5. The largest absolute Gasteiger partial charge is 0.398 e. The number of benzene rings is 1. The number of anilines is 2. The molecule has 142 valence electrons. The number of amides is 1. The van der Waals surface area contributed by atoms with E-state index < -0.39 is 0 Å². The lowest BCUT2D eigenvalue weighted by atomic mass is 9.72. The Labute approximate surface area is 169 Å². The van der Waals surface area contributed by atoms with Crippen molar-refractivity contribution in [2.45, 2.75) is 44.9 Å². The van der Waals surface area contributed by atoms with Crippen molar-refractivity contribution in [2.24, 2.45) is 11.3 Å². The quantitative estimate of drug-likeness (QED) is 0.555. The van der Waals surface area contributed by atoms with Gasteiger partial charge in [-0.2, -0.15) is 5.26 Å². The average molecular weight is 400 g/mol. The smallest absolute Gasteiger partial charge is 0.235 e. The van der Waals surface area contributed by atoms with E-state index in [1.807, 2.05) is 24.3 Å². The number of nitrogens with two attached hydrogens (primary N) is 1. The molecule has 3 rings (SSSR count). The molecular formula is C21H25N3OS2. The van der Waals surface area contributed by atoms with Gasteiger partial charge in [0.2, 0.25) is 5.91 Å². The minimum atomic E-state index is -0.106. The maximum Gasteiger partial charge on any atom is 0.235 e. The zero-order valence-corrected chi connectivity index (χ0v) is 17.6. The van der Waals surface area contributed by atoms with Crippen LogP contribution in [0.5, 0.6) is 0 Å². The van der Waals surface area contributed by atoms with Crippen molar-refractivity contribution in [3.63, 3.8) is 0 Å². The Kier molecular flexibility index (Phi) is 5.83. The van der Waals surface area contributed by atoms with E-state index in [9.17, 15) is 10.1 Å². The van der Waals surface area contributed by atoms with Crippen LogP contribution in [-0.2, 0) is 17.6 Å². The van der Waals surface area contributed by atoms with Gasteiger partial charge in [0.1, 0.15) is 11.1 Å². The molecule has 1 atom stereocenters. The van der Waals surface area contributed by atoms with Crippen LogP contribution in [0, 0.1) is 22.7 Å². The summed E-state index contributed by atoms with van der Waals surface area (Å²) in [4.78, 5) is 14.6. The van der Waals surface area contributed by atoms with Crippen LogP contribution in [0.2, 0.25) is 0 Å². The minimum Gasteiger partial charge on any atom is -0.398 e. The number of nitrogens with one attached hydrogen (secondary N) is 1. The second kappa shape index (κ2) is 7.95. The van der Waals surface area contributed by atoms with Crippen LogP contribution in [0.1, 0.15) is 43.2 Å². The molecule has 6 heteroatoms. The van der Waals surface area contributed by atoms with Gasteiger partial charge in [0.05, 0.1) is 11.3 Å². The van der Waals surface area contributed by atoms with Gasteiger partial charge in [-0.1, -0.05) is 32.9 Å². The maximum absolute atomic E-state index is 12.4. The molecule has 1 aliphatic carbocycles. The molecule has 0 unspecified atom stereocenters. The number of hydrogen-bond donors (Lipinski definition) is 2. The minimum absolute atomic E-state index is 0.106. The van der Waals surface area contributed by atoms with Crippen LogP contribution in [-0.4, -0.2) is 11.7 Å². The highest BCUT2D eigenvalue weighted by molar-refractivity contribution is 8.00. The summed E-state index contributed by atoms with van der Waals surface area (Å²) in [5, 5.41) is 13.3. The first-order valence-corrected chi connectivity index (χ1v) is 10.9. The predicted octanol–water partition coefficient (Wildman–Crippen LogP) is 5.08. The van der Waals surface area contributed by atoms with E-state index in [2.05, 4.69) is 32.2 Å². The lowest BCUT2D eigenvalue weighted by Crippen LogP contribution is -2.26. The van der Waals surface area contributed by atoms with Gasteiger partial charge >= 0.3 is 0 Å². The highest BCUT2D eigenvalue weighted by Gasteiger charge is 2.32. The number of fused-ring (bicyclic) bond motifs is 1. The lowest BCUT2D eigenvalue weighted by molar-refractivity contribution is -0.113. The number of thiophene rings is 1. The number of para-hydroxylation sites is 1. The molecule has 0 saturated carbocycles. The van der Waals surface area contributed by atoms with Crippen LogP contribution >= 0.6 is 23.1 Å². The first-order valence-electron chi connectivity index (χ1n) is 9.11. The standard InChI is InChI=1S/C21H25N3OS2/c1-21(2,3)13-8-9-14-15(11-22)20(27-18(14)10-13)24-19(25)12-26-17-7-5-4-6-16(17)23/h4-7,13H,8-10,12,23H2,1-3H3,(H,24,25)/t13-/m0/s1. The number of nitrogen functional groups attached to an aromatic ring is 1. The summed E-state index contributed by atoms with van der Waals surface area (Å²) in [5.41, 5.74) is 8.64. The van der Waals surface area contributed by atoms with Crippen molar-refractivity contribution < 1.29 is 4.79 Å². The van der Waals surface area contributed by atoms with Gasteiger partial charge in [-0.05, 0) is 48.3 Å². The topological polar surface area (TPSA) is 78.9 Å². The molecular weight excluding hydrogens is 374 g/mol. The number of thioether (sulfide) groups is 1. The summed E-state index contributed by atoms with van der Waals surface area (Å²) in [6.45, 7) is 6.82. The van der Waals surface area contributed by atoms with Crippen molar-refractivity contribution in [1.29, 1.82) is 5.26 Å². The monoisotopic (exact) mass is 399 g/mol. The molecule has 2 aromatic rings. The third-order valence-corrected chi connectivity index (χ3v) is 7.39. The second-order valence-electron chi connectivity index (χ2n) is 8.00. The molecule has 0 radical (unpaired) electrons. The number of nitrogens with zero attached hydrogens (tertiary/aromatic N) is 1. The molecule has 0 fully saturated rings. The van der Waals surface area contributed by atoms with Crippen LogP contribution in [0.3, 0.4) is 0 Å². The summed E-state index contributed by atoms with van der Waals surface area (Å²) in [7, 11) is 0. The molecule has 0 aliphatic heterocycles. The van der Waals surface area contributed by atoms with Crippen molar-refractivity contribution >= 4 is 39.7 Å². The van der Waals surface area contributed by atoms with E-state index in [4.69, 9.17) is 5.73 Å². The van der Waals surface area contributed by atoms with Gasteiger partial charge in [0.25, 0.3) is 0 Å². The lowest BCUT2D eigenvalue weighted by Gasteiger charge is -2.33. The number of nitriles is 1. The van der Waals surface area contributed by atoms with Gasteiger partial charge in [-0.15, -0.1) is 23.1 Å². The van der Waals surface area contributed by atoms with Crippen molar-refractivity contribution in [1.82, 2.24) is 0 Å². The normalized spacial score (nSPS) is 16.4. The highest BCUT2D eigenvalue weighted by Crippen LogP contribution is 2.44. The molecule has 4 nitrogen and oxygen atoms in total. The molecule has 1 heterocycles. The Morgan fingerprint density at radius 2 is 2.15 bits per heavy atom. The Balaban J connectivity index is 1.71. The summed E-state index contributed by atoms with van der Waals surface area (Å²) >= 11 is 2.98. The average Bonchev–Trinajstić information content (AvgIpc) is 2.96. The van der Waals surface area contributed by atoms with E-state index in [0.717, 1.165) is 29.7 Å². The molecule has 1 aromatic carbocycles. The molecule has 1 aromatic heterocycles. The van der Waals surface area contributed by atoms with Crippen LogP contribution in [0.25, 0.3) is 0 Å². The maximum atomic E-state index is 12.4. The Morgan fingerprint density at radius 3 is 2.81 bits per heavy atom. The molecule has 0 bridgehead atoms. The van der Waals surface area contributed by atoms with Crippen molar-refractivity contribution in [3.8, 4) is 6.07 Å². The van der Waals surface area contributed by atoms with E-state index in [1.54, 1.807) is 11.3 Å². The first-order chi connectivity index (χ1) is 12.8. The fraction of sp³-hybridized carbons (Fsp3) is 0.429. The SMILES string of the molecule is CC(C)(C)[C@H]1CCc2c(sc(NC(=O)CSc3ccccc3N)c2C#N)C1. The van der Waals surface area contributed by atoms with Gasteiger partial charge in [0, 0.05) is 15.5 Å². The molecule has 3 N–H and O–H groups in total.